The number of methoxy groups -OCH3 is 2. The van der Waals surface area contributed by atoms with Gasteiger partial charge in [0.15, 0.2) is 5.78 Å². The SMILES string of the molecule is COC(=O)C1=C(C(=O)OC)SC(=CC(C)=O)S1. The number of ketones is 1. The Balaban J connectivity index is 3.04. The maximum absolute atomic E-state index is 11.4. The minimum atomic E-state index is -0.616. The molecule has 0 aromatic heterocycles. The third kappa shape index (κ3) is 3.37. The van der Waals surface area contributed by atoms with E-state index in [9.17, 15) is 14.4 Å². The molecule has 0 bridgehead atoms. The molecule has 17 heavy (non-hydrogen) atoms. The van der Waals surface area contributed by atoms with E-state index in [1.54, 1.807) is 0 Å². The van der Waals surface area contributed by atoms with Gasteiger partial charge < -0.3 is 9.47 Å². The molecule has 0 unspecified atom stereocenters. The van der Waals surface area contributed by atoms with Crippen molar-refractivity contribution in [3.63, 3.8) is 0 Å². The third-order valence-corrected chi connectivity index (χ3v) is 4.09. The summed E-state index contributed by atoms with van der Waals surface area (Å²) in [4.78, 5) is 34.1. The Labute approximate surface area is 107 Å². The van der Waals surface area contributed by atoms with E-state index in [1.807, 2.05) is 0 Å². The van der Waals surface area contributed by atoms with Crippen LogP contribution in [-0.2, 0) is 23.9 Å². The van der Waals surface area contributed by atoms with Crippen molar-refractivity contribution >= 4 is 41.2 Å². The summed E-state index contributed by atoms with van der Waals surface area (Å²) in [5.41, 5.74) is 0. The summed E-state index contributed by atoms with van der Waals surface area (Å²) >= 11 is 2.06. The van der Waals surface area contributed by atoms with Crippen LogP contribution >= 0.6 is 23.5 Å². The molecule has 5 nitrogen and oxygen atoms in total. The molecule has 0 fully saturated rings. The minimum absolute atomic E-state index is 0.150. The first-order valence-electron chi connectivity index (χ1n) is 4.48. The second-order valence-electron chi connectivity index (χ2n) is 2.92. The number of hydrogen-bond donors (Lipinski definition) is 0. The van der Waals surface area contributed by atoms with Crippen LogP contribution in [0.25, 0.3) is 0 Å². The Morgan fingerprint density at radius 2 is 1.41 bits per heavy atom. The molecule has 0 amide bonds. The molecule has 0 atom stereocenters. The van der Waals surface area contributed by atoms with Crippen molar-refractivity contribution in [2.24, 2.45) is 0 Å². The first-order chi connectivity index (χ1) is 7.99. The van der Waals surface area contributed by atoms with Crippen molar-refractivity contribution in [1.82, 2.24) is 0 Å². The van der Waals surface area contributed by atoms with E-state index in [-0.39, 0.29) is 15.6 Å². The van der Waals surface area contributed by atoms with Crippen LogP contribution < -0.4 is 0 Å². The van der Waals surface area contributed by atoms with Gasteiger partial charge in [-0.2, -0.15) is 0 Å². The Bertz CT molecular complexity index is 406. The molecule has 1 aliphatic heterocycles. The normalized spacial score (nSPS) is 14.6. The summed E-state index contributed by atoms with van der Waals surface area (Å²) in [6.07, 6.45) is 1.36. The van der Waals surface area contributed by atoms with Gasteiger partial charge in [0.1, 0.15) is 9.81 Å². The minimum Gasteiger partial charge on any atom is -0.465 e. The van der Waals surface area contributed by atoms with Crippen LogP contribution in [0.4, 0.5) is 0 Å². The highest BCUT2D eigenvalue weighted by atomic mass is 32.2. The Hall–Kier alpha value is -1.21. The van der Waals surface area contributed by atoms with Gasteiger partial charge in [0.05, 0.1) is 18.5 Å². The second kappa shape index (κ2) is 5.92. The molecule has 0 aliphatic carbocycles. The molecule has 0 N–H and O–H groups in total. The quantitative estimate of drug-likeness (QED) is 0.570. The molecular weight excluding hydrogens is 264 g/mol. The number of ether oxygens (including phenoxy) is 2. The average molecular weight is 274 g/mol. The molecule has 7 heteroatoms. The summed E-state index contributed by atoms with van der Waals surface area (Å²) in [5, 5.41) is 0. The third-order valence-electron chi connectivity index (χ3n) is 1.67. The predicted octanol–water partition coefficient (Wildman–Crippen LogP) is 1.45. The van der Waals surface area contributed by atoms with E-state index in [1.165, 1.54) is 27.2 Å². The highest BCUT2D eigenvalue weighted by molar-refractivity contribution is 8.29. The van der Waals surface area contributed by atoms with Gasteiger partial charge in [0.2, 0.25) is 0 Å². The Morgan fingerprint density at radius 3 is 1.71 bits per heavy atom. The smallest absolute Gasteiger partial charge is 0.346 e. The average Bonchev–Trinajstić information content (AvgIpc) is 2.69. The topological polar surface area (TPSA) is 69.7 Å². The molecule has 92 valence electrons. The lowest BCUT2D eigenvalue weighted by atomic mass is 10.5. The molecule has 0 radical (unpaired) electrons. The lowest BCUT2D eigenvalue weighted by Gasteiger charge is -2.00. The first kappa shape index (κ1) is 13.9. The number of esters is 2. The van der Waals surface area contributed by atoms with E-state index >= 15 is 0 Å². The van der Waals surface area contributed by atoms with E-state index < -0.39 is 11.9 Å². The molecule has 1 aliphatic rings. The molecule has 0 saturated heterocycles. The van der Waals surface area contributed by atoms with Crippen molar-refractivity contribution in [2.75, 3.05) is 14.2 Å². The van der Waals surface area contributed by atoms with Crippen molar-refractivity contribution < 1.29 is 23.9 Å². The first-order valence-corrected chi connectivity index (χ1v) is 6.11. The molecular formula is C10H10O5S2. The summed E-state index contributed by atoms with van der Waals surface area (Å²) in [6, 6.07) is 0. The van der Waals surface area contributed by atoms with Gasteiger partial charge in [-0.05, 0) is 6.92 Å². The van der Waals surface area contributed by atoms with Crippen molar-refractivity contribution in [3.05, 3.63) is 20.1 Å². The lowest BCUT2D eigenvalue weighted by Crippen LogP contribution is -2.08. The van der Waals surface area contributed by atoms with Gasteiger partial charge in [-0.3, -0.25) is 4.79 Å². The second-order valence-corrected chi connectivity index (χ2v) is 5.28. The van der Waals surface area contributed by atoms with Gasteiger partial charge in [-0.15, -0.1) is 0 Å². The molecule has 0 saturated carbocycles. The highest BCUT2D eigenvalue weighted by Gasteiger charge is 2.32. The van der Waals surface area contributed by atoms with E-state index in [2.05, 4.69) is 9.47 Å². The zero-order chi connectivity index (χ0) is 13.0. The number of carbonyl (C=O) groups is 3. The van der Waals surface area contributed by atoms with Crippen LogP contribution in [0.1, 0.15) is 6.92 Å². The van der Waals surface area contributed by atoms with Crippen molar-refractivity contribution in [2.45, 2.75) is 6.92 Å². The fraction of sp³-hybridized carbons (Fsp3) is 0.300. The maximum Gasteiger partial charge on any atom is 0.346 e. The molecule has 0 spiro atoms. The van der Waals surface area contributed by atoms with Crippen LogP contribution in [0.5, 0.6) is 0 Å². The number of thioether (sulfide) groups is 2. The highest BCUT2D eigenvalue weighted by Crippen LogP contribution is 2.49. The van der Waals surface area contributed by atoms with Crippen LogP contribution in [0, 0.1) is 0 Å². The number of rotatable bonds is 3. The van der Waals surface area contributed by atoms with Gasteiger partial charge in [-0.25, -0.2) is 9.59 Å². The van der Waals surface area contributed by atoms with Gasteiger partial charge in [-0.1, -0.05) is 23.5 Å². The standard InChI is InChI=1S/C10H10O5S2/c1-5(11)4-6-16-7(9(12)14-2)8(17-6)10(13)15-3/h4H,1-3H3. The summed E-state index contributed by atoms with van der Waals surface area (Å²) in [7, 11) is 2.45. The van der Waals surface area contributed by atoms with Gasteiger partial charge in [0.25, 0.3) is 0 Å². The van der Waals surface area contributed by atoms with E-state index in [0.29, 0.717) is 4.24 Å². The molecule has 1 heterocycles. The van der Waals surface area contributed by atoms with Crippen LogP contribution in [0.2, 0.25) is 0 Å². The summed E-state index contributed by atoms with van der Waals surface area (Å²) < 4.78 is 9.68. The lowest BCUT2D eigenvalue weighted by molar-refractivity contribution is -0.138. The number of hydrogen-bond acceptors (Lipinski definition) is 7. The summed E-state index contributed by atoms with van der Waals surface area (Å²) in [6.45, 7) is 1.39. The largest absolute Gasteiger partial charge is 0.465 e. The van der Waals surface area contributed by atoms with E-state index in [0.717, 1.165) is 23.5 Å². The van der Waals surface area contributed by atoms with Crippen molar-refractivity contribution in [1.29, 1.82) is 0 Å². The number of carbonyl (C=O) groups excluding carboxylic acids is 3. The number of allylic oxidation sites excluding steroid dienone is 1. The zero-order valence-electron chi connectivity index (χ0n) is 9.44. The van der Waals surface area contributed by atoms with Gasteiger partial charge in [0, 0.05) is 6.08 Å². The Kier molecular flexibility index (Phi) is 4.83. The van der Waals surface area contributed by atoms with Crippen molar-refractivity contribution in [3.8, 4) is 0 Å². The fourth-order valence-corrected chi connectivity index (χ4v) is 3.45. The van der Waals surface area contributed by atoms with E-state index in [4.69, 9.17) is 0 Å². The molecule has 0 aromatic rings. The van der Waals surface area contributed by atoms with Crippen LogP contribution in [-0.4, -0.2) is 31.9 Å². The zero-order valence-corrected chi connectivity index (χ0v) is 11.1. The molecule has 0 aromatic carbocycles. The fourth-order valence-electron chi connectivity index (χ4n) is 0.994. The van der Waals surface area contributed by atoms with Crippen LogP contribution in [0.15, 0.2) is 20.1 Å². The predicted molar refractivity (Wildman–Crippen MR) is 65.0 cm³/mol. The van der Waals surface area contributed by atoms with Gasteiger partial charge >= 0.3 is 11.9 Å². The monoisotopic (exact) mass is 274 g/mol. The Morgan fingerprint density at radius 1 is 1.00 bits per heavy atom. The summed E-state index contributed by atoms with van der Waals surface area (Å²) in [5.74, 6) is -1.39. The molecule has 1 rings (SSSR count). The van der Waals surface area contributed by atoms with Crippen LogP contribution in [0.3, 0.4) is 0 Å². The maximum atomic E-state index is 11.4.